The molecule has 0 saturated heterocycles. The first-order valence-electron chi connectivity index (χ1n) is 2.81. The molecule has 0 bridgehead atoms. The Morgan fingerprint density at radius 3 is 2.42 bits per heavy atom. The zero-order valence-electron chi connectivity index (χ0n) is 5.54. The van der Waals surface area contributed by atoms with E-state index in [9.17, 15) is 0 Å². The summed E-state index contributed by atoms with van der Waals surface area (Å²) < 4.78 is 0. The van der Waals surface area contributed by atoms with Crippen LogP contribution in [0.3, 0.4) is 0 Å². The van der Waals surface area contributed by atoms with Crippen molar-refractivity contribution in [3.05, 3.63) is 21.4 Å². The van der Waals surface area contributed by atoms with Crippen LogP contribution in [0.4, 0.5) is 0 Å². The number of halogens is 4. The van der Waals surface area contributed by atoms with Gasteiger partial charge in [-0.25, -0.2) is 0 Å². The van der Waals surface area contributed by atoms with Crippen molar-refractivity contribution in [3.8, 4) is 6.07 Å². The molecule has 0 radical (unpaired) electrons. The van der Waals surface area contributed by atoms with Crippen LogP contribution in [-0.2, 0) is 0 Å². The average Bonchev–Trinajstić information content (AvgIpc) is 2.08. The molecule has 0 fully saturated rings. The first kappa shape index (κ1) is 10.0. The van der Waals surface area contributed by atoms with Crippen molar-refractivity contribution < 1.29 is 0 Å². The molecule has 1 heterocycles. The number of nitrogens with one attached hydrogen (secondary N) is 1. The van der Waals surface area contributed by atoms with Gasteiger partial charge in [0.15, 0.2) is 0 Å². The second-order valence-electron chi connectivity index (χ2n) is 2.03. The fourth-order valence-electron chi connectivity index (χ4n) is 0.648. The van der Waals surface area contributed by atoms with E-state index in [4.69, 9.17) is 51.7 Å². The molecule has 0 spiro atoms. The number of dihydropyridines is 1. The highest BCUT2D eigenvalue weighted by Crippen LogP contribution is 2.41. The molecular weight excluding hydrogens is 242 g/mol. The Bertz CT molecular complexity index is 314. The lowest BCUT2D eigenvalue weighted by Gasteiger charge is -2.22. The molecule has 1 unspecified atom stereocenters. The number of nitrogens with zero attached hydrogens (tertiary/aromatic N) is 1. The minimum atomic E-state index is -1.54. The fraction of sp³-hybridized carbons (Fsp3) is 0.167. The van der Waals surface area contributed by atoms with Gasteiger partial charge in [-0.15, -0.1) is 0 Å². The van der Waals surface area contributed by atoms with Gasteiger partial charge in [0, 0.05) is 6.20 Å². The van der Waals surface area contributed by atoms with Crippen LogP contribution in [0.2, 0.25) is 0 Å². The number of nitriles is 1. The maximum atomic E-state index is 8.70. The third kappa shape index (κ3) is 1.38. The average molecular weight is 244 g/mol. The molecule has 1 aliphatic heterocycles. The fourth-order valence-corrected chi connectivity index (χ4v) is 1.48. The van der Waals surface area contributed by atoms with Gasteiger partial charge in [0.05, 0.1) is 16.1 Å². The van der Waals surface area contributed by atoms with Crippen molar-refractivity contribution in [1.29, 1.82) is 5.26 Å². The molecule has 0 saturated carbocycles. The molecule has 0 amide bonds. The third-order valence-electron chi connectivity index (χ3n) is 1.30. The quantitative estimate of drug-likeness (QED) is 0.525. The largest absolute Gasteiger partial charge is 0.350 e. The maximum Gasteiger partial charge on any atom is 0.205 e. The van der Waals surface area contributed by atoms with Gasteiger partial charge in [0.2, 0.25) is 4.87 Å². The van der Waals surface area contributed by atoms with Gasteiger partial charge in [-0.2, -0.15) is 5.26 Å². The van der Waals surface area contributed by atoms with Crippen LogP contribution in [0, 0.1) is 11.3 Å². The van der Waals surface area contributed by atoms with Crippen molar-refractivity contribution in [2.24, 2.45) is 0 Å². The van der Waals surface area contributed by atoms with Crippen LogP contribution in [0.5, 0.6) is 0 Å². The smallest absolute Gasteiger partial charge is 0.205 e. The highest BCUT2D eigenvalue weighted by molar-refractivity contribution is 6.51. The number of alkyl halides is 1. The molecule has 0 aromatic rings. The Balaban J connectivity index is 3.21. The lowest BCUT2D eigenvalue weighted by atomic mass is 10.1. The first-order chi connectivity index (χ1) is 5.52. The van der Waals surface area contributed by atoms with Gasteiger partial charge in [-0.1, -0.05) is 46.4 Å². The molecule has 64 valence electrons. The molecule has 1 N–H and O–H groups in total. The zero-order chi connectivity index (χ0) is 9.35. The Labute approximate surface area is 89.3 Å². The summed E-state index contributed by atoms with van der Waals surface area (Å²) in [6.45, 7) is 0. The van der Waals surface area contributed by atoms with Gasteiger partial charge in [0.25, 0.3) is 0 Å². The lowest BCUT2D eigenvalue weighted by molar-refractivity contribution is 0.962. The topological polar surface area (TPSA) is 35.8 Å². The lowest BCUT2D eigenvalue weighted by Crippen LogP contribution is -2.28. The summed E-state index contributed by atoms with van der Waals surface area (Å²) in [6, 6.07) is 1.76. The SMILES string of the molecule is N#CC1(Cl)C(Cl)=CNC(Cl)=C1Cl. The molecule has 0 aliphatic carbocycles. The normalized spacial score (nSPS) is 29.1. The molecule has 1 aliphatic rings. The molecular formula is C6H2Cl4N2. The number of hydrogen-bond donors (Lipinski definition) is 1. The van der Waals surface area contributed by atoms with Crippen molar-refractivity contribution in [3.63, 3.8) is 0 Å². The Morgan fingerprint density at radius 2 is 2.00 bits per heavy atom. The van der Waals surface area contributed by atoms with E-state index < -0.39 is 4.87 Å². The van der Waals surface area contributed by atoms with Crippen molar-refractivity contribution in [1.82, 2.24) is 5.32 Å². The predicted molar refractivity (Wildman–Crippen MR) is 50.0 cm³/mol. The monoisotopic (exact) mass is 242 g/mol. The summed E-state index contributed by atoms with van der Waals surface area (Å²) in [6.07, 6.45) is 1.33. The summed E-state index contributed by atoms with van der Waals surface area (Å²) in [5.41, 5.74) is 0. The summed E-state index contributed by atoms with van der Waals surface area (Å²) in [4.78, 5) is -1.54. The van der Waals surface area contributed by atoms with E-state index in [-0.39, 0.29) is 15.2 Å². The van der Waals surface area contributed by atoms with Crippen molar-refractivity contribution in [2.45, 2.75) is 4.87 Å². The second-order valence-corrected chi connectivity index (χ2v) is 3.76. The van der Waals surface area contributed by atoms with E-state index in [1.807, 2.05) is 0 Å². The van der Waals surface area contributed by atoms with Gasteiger partial charge in [0.1, 0.15) is 5.16 Å². The van der Waals surface area contributed by atoms with Crippen LogP contribution in [-0.4, -0.2) is 4.87 Å². The standard InChI is InChI=1S/C6H2Cl4N2/c7-3-1-12-5(9)4(8)6(3,10)2-11/h1,12H. The van der Waals surface area contributed by atoms with Gasteiger partial charge in [-0.05, 0) is 0 Å². The summed E-state index contributed by atoms with van der Waals surface area (Å²) in [5, 5.41) is 11.4. The van der Waals surface area contributed by atoms with Crippen LogP contribution >= 0.6 is 46.4 Å². The van der Waals surface area contributed by atoms with Crippen LogP contribution in [0.1, 0.15) is 0 Å². The zero-order valence-corrected chi connectivity index (χ0v) is 8.56. The van der Waals surface area contributed by atoms with E-state index in [0.717, 1.165) is 0 Å². The van der Waals surface area contributed by atoms with E-state index in [1.54, 1.807) is 6.07 Å². The molecule has 0 aromatic heterocycles. The Hall–Kier alpha value is -0.0700. The third-order valence-corrected chi connectivity index (χ3v) is 3.23. The highest BCUT2D eigenvalue weighted by Gasteiger charge is 2.39. The van der Waals surface area contributed by atoms with Gasteiger partial charge < -0.3 is 5.32 Å². The molecule has 6 heteroatoms. The van der Waals surface area contributed by atoms with E-state index in [0.29, 0.717) is 0 Å². The van der Waals surface area contributed by atoms with Crippen molar-refractivity contribution in [2.75, 3.05) is 0 Å². The number of hydrogen-bond acceptors (Lipinski definition) is 2. The number of rotatable bonds is 0. The van der Waals surface area contributed by atoms with Gasteiger partial charge in [-0.3, -0.25) is 0 Å². The minimum absolute atomic E-state index is 0.0131. The molecule has 1 atom stereocenters. The maximum absolute atomic E-state index is 8.70. The summed E-state index contributed by atoms with van der Waals surface area (Å²) in [5.74, 6) is 0. The van der Waals surface area contributed by atoms with Crippen molar-refractivity contribution >= 4 is 46.4 Å². The minimum Gasteiger partial charge on any atom is -0.350 e. The Morgan fingerprint density at radius 1 is 1.42 bits per heavy atom. The predicted octanol–water partition coefficient (Wildman–Crippen LogP) is 2.82. The van der Waals surface area contributed by atoms with E-state index in [2.05, 4.69) is 5.32 Å². The van der Waals surface area contributed by atoms with E-state index in [1.165, 1.54) is 6.20 Å². The molecule has 2 nitrogen and oxygen atoms in total. The molecule has 12 heavy (non-hydrogen) atoms. The van der Waals surface area contributed by atoms with Crippen LogP contribution < -0.4 is 5.32 Å². The summed E-state index contributed by atoms with van der Waals surface area (Å²) in [7, 11) is 0. The summed E-state index contributed by atoms with van der Waals surface area (Å²) >= 11 is 22.7. The van der Waals surface area contributed by atoms with Crippen LogP contribution in [0.15, 0.2) is 21.4 Å². The second kappa shape index (κ2) is 3.35. The molecule has 0 aromatic carbocycles. The van der Waals surface area contributed by atoms with E-state index >= 15 is 0 Å². The number of allylic oxidation sites excluding steroid dienone is 2. The highest BCUT2D eigenvalue weighted by atomic mass is 35.5. The Kier molecular flexibility index (Phi) is 2.80. The van der Waals surface area contributed by atoms with Gasteiger partial charge >= 0.3 is 0 Å². The van der Waals surface area contributed by atoms with Crippen LogP contribution in [0.25, 0.3) is 0 Å². The first-order valence-corrected chi connectivity index (χ1v) is 4.32. The molecule has 1 rings (SSSR count).